The first-order valence-electron chi connectivity index (χ1n) is 5.92. The number of aryl methyl sites for hydroxylation is 1. The van der Waals surface area contributed by atoms with Gasteiger partial charge in [0, 0.05) is 22.7 Å². The number of hydrogen-bond acceptors (Lipinski definition) is 2. The number of rotatable bonds is 3. The van der Waals surface area contributed by atoms with E-state index >= 15 is 0 Å². The van der Waals surface area contributed by atoms with Gasteiger partial charge in [0.25, 0.3) is 0 Å². The molecule has 2 aromatic rings. The molecule has 0 bridgehead atoms. The third-order valence-electron chi connectivity index (χ3n) is 2.61. The van der Waals surface area contributed by atoms with Crippen molar-refractivity contribution in [2.45, 2.75) is 33.3 Å². The Bertz CT molecular complexity index is 584. The Morgan fingerprint density at radius 3 is 2.71 bits per heavy atom. The second-order valence-corrected chi connectivity index (χ2v) is 4.39. The lowest BCUT2D eigenvalue weighted by atomic mass is 10.1. The highest BCUT2D eigenvalue weighted by atomic mass is 16.5. The van der Waals surface area contributed by atoms with Crippen LogP contribution in [-0.4, -0.2) is 11.1 Å². The maximum absolute atomic E-state index is 11.9. The van der Waals surface area contributed by atoms with E-state index in [-0.39, 0.29) is 11.5 Å². The normalized spacial score (nSPS) is 11.1. The zero-order valence-corrected chi connectivity index (χ0v) is 10.4. The van der Waals surface area contributed by atoms with Crippen LogP contribution in [-0.2, 0) is 6.42 Å². The Labute approximate surface area is 100 Å². The molecule has 1 N–H and O–H groups in total. The van der Waals surface area contributed by atoms with Gasteiger partial charge in [0.2, 0.25) is 0 Å². The Morgan fingerprint density at radius 2 is 2.06 bits per heavy atom. The third kappa shape index (κ3) is 2.49. The molecule has 1 aromatic heterocycles. The molecule has 0 spiro atoms. The molecule has 0 aliphatic heterocycles. The summed E-state index contributed by atoms with van der Waals surface area (Å²) in [4.78, 5) is 15.2. The van der Waals surface area contributed by atoms with Crippen LogP contribution in [0.25, 0.3) is 10.9 Å². The molecule has 0 aliphatic rings. The van der Waals surface area contributed by atoms with Crippen molar-refractivity contribution in [3.8, 4) is 5.75 Å². The molecule has 3 nitrogen and oxygen atoms in total. The van der Waals surface area contributed by atoms with Gasteiger partial charge in [-0.3, -0.25) is 4.79 Å². The van der Waals surface area contributed by atoms with Crippen molar-refractivity contribution >= 4 is 10.9 Å². The van der Waals surface area contributed by atoms with Gasteiger partial charge in [-0.1, -0.05) is 6.92 Å². The fourth-order valence-corrected chi connectivity index (χ4v) is 1.82. The zero-order valence-electron chi connectivity index (χ0n) is 10.4. The van der Waals surface area contributed by atoms with Gasteiger partial charge in [-0.05, 0) is 38.5 Å². The van der Waals surface area contributed by atoms with Crippen molar-refractivity contribution in [2.24, 2.45) is 0 Å². The van der Waals surface area contributed by atoms with E-state index in [0.29, 0.717) is 5.39 Å². The molecule has 17 heavy (non-hydrogen) atoms. The SMILES string of the molecule is CCc1cc(=O)c2cc(OC(C)C)ccc2[nH]1. The summed E-state index contributed by atoms with van der Waals surface area (Å²) in [5.74, 6) is 0.738. The topological polar surface area (TPSA) is 42.1 Å². The van der Waals surface area contributed by atoms with Gasteiger partial charge < -0.3 is 9.72 Å². The van der Waals surface area contributed by atoms with Gasteiger partial charge in [0.1, 0.15) is 5.75 Å². The predicted molar refractivity (Wildman–Crippen MR) is 69.7 cm³/mol. The van der Waals surface area contributed by atoms with E-state index < -0.39 is 0 Å². The molecular weight excluding hydrogens is 214 g/mol. The first-order valence-corrected chi connectivity index (χ1v) is 5.92. The van der Waals surface area contributed by atoms with Crippen LogP contribution in [0.3, 0.4) is 0 Å². The molecule has 0 aliphatic carbocycles. The lowest BCUT2D eigenvalue weighted by molar-refractivity contribution is 0.243. The van der Waals surface area contributed by atoms with Crippen molar-refractivity contribution in [1.29, 1.82) is 0 Å². The highest BCUT2D eigenvalue weighted by Crippen LogP contribution is 2.18. The lowest BCUT2D eigenvalue weighted by Gasteiger charge is -2.10. The summed E-state index contributed by atoms with van der Waals surface area (Å²) in [6.07, 6.45) is 0.941. The molecule has 2 rings (SSSR count). The average molecular weight is 231 g/mol. The van der Waals surface area contributed by atoms with Crippen LogP contribution in [0.4, 0.5) is 0 Å². The van der Waals surface area contributed by atoms with E-state index in [0.717, 1.165) is 23.4 Å². The Kier molecular flexibility index (Phi) is 3.18. The first kappa shape index (κ1) is 11.7. The van der Waals surface area contributed by atoms with Crippen molar-refractivity contribution in [3.63, 3.8) is 0 Å². The van der Waals surface area contributed by atoms with Crippen LogP contribution in [0.15, 0.2) is 29.1 Å². The molecular formula is C14H17NO2. The van der Waals surface area contributed by atoms with Crippen LogP contribution >= 0.6 is 0 Å². The summed E-state index contributed by atoms with van der Waals surface area (Å²) < 4.78 is 5.58. The molecule has 3 heteroatoms. The third-order valence-corrected chi connectivity index (χ3v) is 2.61. The fraction of sp³-hybridized carbons (Fsp3) is 0.357. The number of fused-ring (bicyclic) bond motifs is 1. The van der Waals surface area contributed by atoms with E-state index in [4.69, 9.17) is 4.74 Å². The Hall–Kier alpha value is -1.77. The van der Waals surface area contributed by atoms with Crippen molar-refractivity contribution < 1.29 is 4.74 Å². The second-order valence-electron chi connectivity index (χ2n) is 4.39. The summed E-state index contributed by atoms with van der Waals surface area (Å²) in [6, 6.07) is 7.24. The Balaban J connectivity index is 2.55. The van der Waals surface area contributed by atoms with Crippen molar-refractivity contribution in [2.75, 3.05) is 0 Å². The highest BCUT2D eigenvalue weighted by molar-refractivity contribution is 5.80. The molecule has 0 saturated heterocycles. The molecule has 0 saturated carbocycles. The van der Waals surface area contributed by atoms with Crippen LogP contribution in [0, 0.1) is 0 Å². The summed E-state index contributed by atoms with van der Waals surface area (Å²) in [5.41, 5.74) is 1.87. The fourth-order valence-electron chi connectivity index (χ4n) is 1.82. The van der Waals surface area contributed by atoms with E-state index in [1.165, 1.54) is 0 Å². The van der Waals surface area contributed by atoms with Crippen LogP contribution in [0.2, 0.25) is 0 Å². The van der Waals surface area contributed by atoms with E-state index in [1.807, 2.05) is 32.9 Å². The van der Waals surface area contributed by atoms with Gasteiger partial charge in [0.15, 0.2) is 5.43 Å². The standard InChI is InChI=1S/C14H17NO2/c1-4-10-7-14(16)12-8-11(17-9(2)3)5-6-13(12)15-10/h5-9H,4H2,1-3H3,(H,15,16). The molecule has 0 radical (unpaired) electrons. The number of ether oxygens (including phenoxy) is 1. The summed E-state index contributed by atoms with van der Waals surface area (Å²) >= 11 is 0. The molecule has 0 fully saturated rings. The smallest absolute Gasteiger partial charge is 0.189 e. The van der Waals surface area contributed by atoms with Crippen molar-refractivity contribution in [1.82, 2.24) is 4.98 Å². The quantitative estimate of drug-likeness (QED) is 0.882. The number of benzene rings is 1. The predicted octanol–water partition coefficient (Wildman–Crippen LogP) is 2.88. The molecule has 0 amide bonds. The summed E-state index contributed by atoms with van der Waals surface area (Å²) in [7, 11) is 0. The summed E-state index contributed by atoms with van der Waals surface area (Å²) in [6.45, 7) is 5.95. The van der Waals surface area contributed by atoms with Crippen LogP contribution in [0.5, 0.6) is 5.75 Å². The van der Waals surface area contributed by atoms with E-state index in [1.54, 1.807) is 12.1 Å². The molecule has 1 heterocycles. The number of pyridine rings is 1. The molecule has 0 atom stereocenters. The number of H-pyrrole nitrogens is 1. The van der Waals surface area contributed by atoms with E-state index in [2.05, 4.69) is 4.98 Å². The van der Waals surface area contributed by atoms with Gasteiger partial charge in [-0.2, -0.15) is 0 Å². The number of aromatic amines is 1. The van der Waals surface area contributed by atoms with Gasteiger partial charge in [-0.25, -0.2) is 0 Å². The van der Waals surface area contributed by atoms with Gasteiger partial charge >= 0.3 is 0 Å². The largest absolute Gasteiger partial charge is 0.491 e. The average Bonchev–Trinajstić information content (AvgIpc) is 2.29. The van der Waals surface area contributed by atoms with Gasteiger partial charge in [-0.15, -0.1) is 0 Å². The maximum atomic E-state index is 11.9. The Morgan fingerprint density at radius 1 is 1.29 bits per heavy atom. The minimum atomic E-state index is 0.0461. The molecule has 0 unspecified atom stereocenters. The number of hydrogen-bond donors (Lipinski definition) is 1. The number of nitrogens with one attached hydrogen (secondary N) is 1. The second kappa shape index (κ2) is 4.62. The summed E-state index contributed by atoms with van der Waals surface area (Å²) in [5, 5.41) is 0.681. The van der Waals surface area contributed by atoms with Crippen LogP contribution in [0.1, 0.15) is 26.5 Å². The maximum Gasteiger partial charge on any atom is 0.189 e. The van der Waals surface area contributed by atoms with Crippen LogP contribution < -0.4 is 10.2 Å². The molecule has 90 valence electrons. The minimum absolute atomic E-state index is 0.0461. The molecule has 1 aromatic carbocycles. The lowest BCUT2D eigenvalue weighted by Crippen LogP contribution is -2.08. The highest BCUT2D eigenvalue weighted by Gasteiger charge is 2.04. The minimum Gasteiger partial charge on any atom is -0.491 e. The zero-order chi connectivity index (χ0) is 12.4. The number of aromatic nitrogens is 1. The van der Waals surface area contributed by atoms with E-state index in [9.17, 15) is 4.79 Å². The first-order chi connectivity index (χ1) is 8.10. The van der Waals surface area contributed by atoms with Gasteiger partial charge in [0.05, 0.1) is 6.10 Å². The monoisotopic (exact) mass is 231 g/mol. The van der Waals surface area contributed by atoms with Crippen molar-refractivity contribution in [3.05, 3.63) is 40.2 Å².